The number of carbonyl (C=O) groups excluding carboxylic acids is 4. The molecule has 102 heavy (non-hydrogen) atoms. The number of anilines is 5. The number of halogens is 12. The number of nitrogens with one attached hydrogen (secondary N) is 3. The fourth-order valence-electron chi connectivity index (χ4n) is 13.2. The average Bonchev–Trinajstić information content (AvgIpc) is 1.59. The smallest absolute Gasteiger partial charge is 0.282 e. The lowest BCUT2D eigenvalue weighted by atomic mass is 9.79. The Balaban J connectivity index is 0.000000228. The highest BCUT2D eigenvalue weighted by molar-refractivity contribution is 6.67. The van der Waals surface area contributed by atoms with Crippen LogP contribution in [0.4, 0.5) is 76.7 Å². The minimum absolute atomic E-state index is 0. The Hall–Kier alpha value is -9.33. The lowest BCUT2D eigenvalue weighted by molar-refractivity contribution is -0.115. The summed E-state index contributed by atoms with van der Waals surface area (Å²) in [6.45, 7) is 27.4. The first-order chi connectivity index (χ1) is 47.2. The van der Waals surface area contributed by atoms with E-state index in [1.54, 1.807) is 24.3 Å². The Kier molecular flexibility index (Phi) is 26.6. The number of aryl methyl sites for hydroxylation is 3. The molecule has 3 aromatic heterocycles. The molecule has 0 radical (unpaired) electrons. The van der Waals surface area contributed by atoms with E-state index in [0.29, 0.717) is 40.5 Å². The Morgan fingerprint density at radius 1 is 0.588 bits per heavy atom. The van der Waals surface area contributed by atoms with Gasteiger partial charge in [0, 0.05) is 86.2 Å². The largest absolute Gasteiger partial charge is 0.399 e. The number of hydrogen-bond acceptors (Lipinski definition) is 10. The number of benzene rings is 5. The molecular formula is C75H89ClF11N11O4. The van der Waals surface area contributed by atoms with Gasteiger partial charge in [-0.2, -0.15) is 15.3 Å². The number of carbonyl (C=O) groups is 4. The summed E-state index contributed by atoms with van der Waals surface area (Å²) in [5.74, 6) is -1.79. The number of aromatic nitrogens is 6. The van der Waals surface area contributed by atoms with E-state index in [-0.39, 0.29) is 81.3 Å². The van der Waals surface area contributed by atoms with Crippen molar-refractivity contribution in [2.24, 2.45) is 21.1 Å². The van der Waals surface area contributed by atoms with Crippen LogP contribution in [0.15, 0.2) is 116 Å². The molecule has 0 saturated heterocycles. The van der Waals surface area contributed by atoms with Gasteiger partial charge in [0.1, 0.15) is 52.0 Å². The van der Waals surface area contributed by atoms with Crippen LogP contribution in [0, 0.1) is 29.1 Å². The van der Waals surface area contributed by atoms with Crippen molar-refractivity contribution in [3.05, 3.63) is 206 Å². The predicted molar refractivity (Wildman–Crippen MR) is 380 cm³/mol. The molecule has 3 atom stereocenters. The van der Waals surface area contributed by atoms with Crippen LogP contribution < -0.4 is 26.6 Å². The summed E-state index contributed by atoms with van der Waals surface area (Å²) in [5.41, 5.74) is 11.1. The molecule has 2 amide bonds. The number of hydrogen-bond donors (Lipinski definition) is 4. The van der Waals surface area contributed by atoms with E-state index >= 15 is 0 Å². The van der Waals surface area contributed by atoms with Crippen LogP contribution >= 0.6 is 11.6 Å². The van der Waals surface area contributed by atoms with E-state index in [1.807, 2.05) is 54.5 Å². The van der Waals surface area contributed by atoms with Gasteiger partial charge in [-0.05, 0) is 235 Å². The fourth-order valence-corrected chi connectivity index (χ4v) is 13.4. The third-order valence-electron chi connectivity index (χ3n) is 16.8. The van der Waals surface area contributed by atoms with Crippen molar-refractivity contribution in [1.82, 2.24) is 29.3 Å². The molecule has 12 rings (SSSR count). The maximum Gasteiger partial charge on any atom is 0.282 e. The summed E-state index contributed by atoms with van der Waals surface area (Å²) >= 11 is 5.04. The summed E-state index contributed by atoms with van der Waals surface area (Å²) in [6, 6.07) is 22.6. The van der Waals surface area contributed by atoms with Crippen molar-refractivity contribution >= 4 is 68.5 Å². The number of alkyl halides is 6. The topological polar surface area (TPSA) is 187 Å². The van der Waals surface area contributed by atoms with E-state index < -0.39 is 59.0 Å². The van der Waals surface area contributed by atoms with Gasteiger partial charge in [0.05, 0.1) is 22.2 Å². The number of nitrogens with two attached hydrogens (primary N) is 1. The van der Waals surface area contributed by atoms with Crippen molar-refractivity contribution in [2.45, 2.75) is 175 Å². The van der Waals surface area contributed by atoms with Crippen LogP contribution in [0.3, 0.4) is 0 Å². The van der Waals surface area contributed by atoms with Crippen LogP contribution in [0.5, 0.6) is 0 Å². The molecule has 0 fully saturated rings. The first kappa shape index (κ1) is 81.6. The molecular weight excluding hydrogens is 1360 g/mol. The van der Waals surface area contributed by atoms with Crippen LogP contribution in [-0.4, -0.2) is 68.8 Å². The van der Waals surface area contributed by atoms with Crippen molar-refractivity contribution in [2.75, 3.05) is 26.6 Å². The van der Waals surface area contributed by atoms with E-state index in [4.69, 9.17) is 17.3 Å². The van der Waals surface area contributed by atoms with Crippen molar-refractivity contribution in [3.8, 4) is 0 Å². The molecule has 5 aromatic carbocycles. The Morgan fingerprint density at radius 2 is 1.05 bits per heavy atom. The number of nitrogen functional groups attached to an aromatic ring is 1. The Bertz CT molecular complexity index is 4340. The number of allylic oxidation sites excluding steroid dienone is 1. The number of Topliss-reactive ketones (excluding diaryl/α,β-unsaturated/α-hetero) is 1. The molecule has 6 heterocycles. The first-order valence-electron chi connectivity index (χ1n) is 32.5. The highest BCUT2D eigenvalue weighted by Crippen LogP contribution is 2.50. The van der Waals surface area contributed by atoms with E-state index in [2.05, 4.69) is 71.9 Å². The molecule has 0 spiro atoms. The number of ketones is 1. The zero-order chi connectivity index (χ0) is 76.6. The van der Waals surface area contributed by atoms with Crippen LogP contribution in [0.1, 0.15) is 231 Å². The fraction of sp³-hybridized carbons (Fsp3) is 0.400. The first-order valence-corrected chi connectivity index (χ1v) is 32.9. The van der Waals surface area contributed by atoms with Crippen molar-refractivity contribution < 1.29 is 68.9 Å². The predicted octanol–water partition coefficient (Wildman–Crippen LogP) is 19.9. The van der Waals surface area contributed by atoms with Gasteiger partial charge in [0.25, 0.3) is 36.3 Å². The van der Waals surface area contributed by atoms with E-state index in [0.717, 1.165) is 57.4 Å². The third-order valence-corrected chi connectivity index (χ3v) is 17.0. The van der Waals surface area contributed by atoms with Crippen molar-refractivity contribution in [1.29, 1.82) is 0 Å². The second-order valence-corrected chi connectivity index (χ2v) is 28.6. The molecule has 3 unspecified atom stereocenters. The van der Waals surface area contributed by atoms with Gasteiger partial charge in [-0.1, -0.05) is 40.7 Å². The van der Waals surface area contributed by atoms with Gasteiger partial charge in [-0.25, -0.2) is 48.3 Å². The van der Waals surface area contributed by atoms with Gasteiger partial charge < -0.3 is 31.4 Å². The lowest BCUT2D eigenvalue weighted by Crippen LogP contribution is -2.51. The molecule has 0 bridgehead atoms. The molecule has 15 nitrogen and oxygen atoms in total. The second-order valence-electron chi connectivity index (χ2n) is 28.2. The minimum Gasteiger partial charge on any atom is -0.399 e. The summed E-state index contributed by atoms with van der Waals surface area (Å²) in [4.78, 5) is 47.2. The summed E-state index contributed by atoms with van der Waals surface area (Å²) in [5, 5.41) is 19.3. The molecule has 1 aliphatic carbocycles. The number of rotatable bonds is 7. The SMILES string of the molecule is CC(C)=O.CC1=CC(C)(C)Nc2ccc(F)cc21.CC1CC(C)(C)N(C(=O)c2cn(C)nc2C(F)F)c2ccc(F)cc21.CC1CC(C)(C)Nc2ccc(F)cc21.CC1CC(C)(C)c2c(F)ccc(NC(=O)c3cn(C)nc3C(F)F)c21.Cn1cc(C(=O)Cl)c(C(F)F)n1.Nc1ccc(F)cc1.[HH]. The van der Waals surface area contributed by atoms with Crippen LogP contribution in [0.2, 0.25) is 0 Å². The Morgan fingerprint density at radius 3 is 1.57 bits per heavy atom. The molecule has 3 aliphatic heterocycles. The molecule has 552 valence electrons. The van der Waals surface area contributed by atoms with Crippen LogP contribution in [0.25, 0.3) is 5.57 Å². The monoisotopic (exact) mass is 1450 g/mol. The highest BCUT2D eigenvalue weighted by atomic mass is 35.5. The maximum absolute atomic E-state index is 14.3. The normalized spacial score (nSPS) is 17.2. The zero-order valence-corrected chi connectivity index (χ0v) is 60.7. The van der Waals surface area contributed by atoms with Gasteiger partial charge in [0.15, 0.2) is 0 Å². The highest BCUT2D eigenvalue weighted by Gasteiger charge is 2.43. The van der Waals surface area contributed by atoms with Gasteiger partial charge in [0.2, 0.25) is 0 Å². The van der Waals surface area contributed by atoms with Gasteiger partial charge in [-0.15, -0.1) is 0 Å². The van der Waals surface area contributed by atoms with E-state index in [9.17, 15) is 67.5 Å². The summed E-state index contributed by atoms with van der Waals surface area (Å²) < 4.78 is 147. The van der Waals surface area contributed by atoms with Gasteiger partial charge >= 0.3 is 0 Å². The summed E-state index contributed by atoms with van der Waals surface area (Å²) in [6.07, 6.45) is -0.229. The number of amides is 2. The lowest BCUT2D eigenvalue weighted by Gasteiger charge is -2.46. The summed E-state index contributed by atoms with van der Waals surface area (Å²) in [7, 11) is 4.41. The molecule has 0 saturated carbocycles. The van der Waals surface area contributed by atoms with Gasteiger partial charge in [-0.3, -0.25) is 28.4 Å². The maximum atomic E-state index is 14.3. The van der Waals surface area contributed by atoms with Crippen LogP contribution in [-0.2, 0) is 31.4 Å². The standard InChI is InChI=1S/2C18H20F3N3O.C12H16FN.C12H14FN.C6H5ClF2N2O.C6H6FN.C3H6O.H2/c1-10-8-18(2,3)24(14-6-5-11(19)7-12(10)14)17(25)13-9-23(4)22-15(13)16(20)21;1-9-7-18(2,3)14-11(19)5-6-12(13(9)14)22-17(25)10-8-24(4)23-15(10)16(20)21;2*1-8-7-12(2,3)14-11-5-4-9(13)6-10(8)11;1-11-2-3(5(7)12)4(10-11)6(8)9;7-5-1-3-6(8)4-2-5;1-3(2)4;/h5-7,9-10,16H,8H2,1-4H3;5-6,8-9,16H,7H2,1-4H3,(H,22,25);4-6,8,14H,7H2,1-3H3;4-7,14H,1-3H3;2,6H,1H3;1-4H,8H2;1-2H3;1H. The van der Waals surface area contributed by atoms with E-state index in [1.165, 1.54) is 122 Å². The quantitative estimate of drug-likeness (QED) is 0.0679. The number of nitrogens with zero attached hydrogens (tertiary/aromatic N) is 7. The average molecular weight is 1450 g/mol. The third kappa shape index (κ3) is 20.9. The minimum atomic E-state index is -2.85. The zero-order valence-electron chi connectivity index (χ0n) is 59.9. The number of fused-ring (bicyclic) bond motifs is 4. The molecule has 8 aromatic rings. The molecule has 5 N–H and O–H groups in total. The Labute approximate surface area is 593 Å². The molecule has 27 heteroatoms. The molecule has 4 aliphatic rings. The van der Waals surface area contributed by atoms with Crippen molar-refractivity contribution in [3.63, 3.8) is 0 Å². The second kappa shape index (κ2) is 33.2.